The zero-order chi connectivity index (χ0) is 21.1. The summed E-state index contributed by atoms with van der Waals surface area (Å²) in [5, 5.41) is 13.1. The van der Waals surface area contributed by atoms with E-state index in [1.165, 1.54) is 17.3 Å². The average Bonchev–Trinajstić information content (AvgIpc) is 3.38. The van der Waals surface area contributed by atoms with E-state index in [9.17, 15) is 4.79 Å². The molecule has 0 atom stereocenters. The minimum Gasteiger partial charge on any atom is -0.341 e. The third-order valence-electron chi connectivity index (χ3n) is 5.06. The first kappa shape index (κ1) is 20.8. The topological polar surface area (TPSA) is 63.1 Å². The Morgan fingerprint density at radius 1 is 1.13 bits per heavy atom. The van der Waals surface area contributed by atoms with Crippen molar-refractivity contribution in [2.45, 2.75) is 31.8 Å². The zero-order valence-corrected chi connectivity index (χ0v) is 18.6. The van der Waals surface area contributed by atoms with Crippen molar-refractivity contribution < 1.29 is 4.79 Å². The van der Waals surface area contributed by atoms with Gasteiger partial charge < -0.3 is 10.2 Å². The molecule has 2 heterocycles. The molecule has 0 radical (unpaired) electrons. The van der Waals surface area contributed by atoms with E-state index in [-0.39, 0.29) is 11.7 Å². The number of aryl methyl sites for hydroxylation is 2. The smallest absolute Gasteiger partial charge is 0.234 e. The molecule has 1 aromatic heterocycles. The second-order valence-electron chi connectivity index (χ2n) is 7.45. The average molecular weight is 442 g/mol. The molecule has 1 amide bonds. The van der Waals surface area contributed by atoms with Gasteiger partial charge in [-0.1, -0.05) is 47.1 Å². The second kappa shape index (κ2) is 9.10. The lowest BCUT2D eigenvalue weighted by molar-refractivity contribution is -0.113. The van der Waals surface area contributed by atoms with E-state index in [0.717, 1.165) is 48.8 Å². The maximum absolute atomic E-state index is 12.6. The summed E-state index contributed by atoms with van der Waals surface area (Å²) in [7, 11) is 0. The Labute approximate surface area is 185 Å². The molecule has 1 saturated heterocycles. The van der Waals surface area contributed by atoms with Gasteiger partial charge in [0.15, 0.2) is 5.16 Å². The minimum atomic E-state index is -0.0738. The summed E-state index contributed by atoms with van der Waals surface area (Å²) in [5.41, 5.74) is 3.95. The van der Waals surface area contributed by atoms with Crippen molar-refractivity contribution in [3.05, 3.63) is 58.6 Å². The van der Waals surface area contributed by atoms with Gasteiger partial charge in [-0.3, -0.25) is 9.36 Å². The number of nitrogens with one attached hydrogen (secondary N) is 1. The number of thioether (sulfide) groups is 1. The molecule has 1 N–H and O–H groups in total. The number of halogens is 1. The lowest BCUT2D eigenvalue weighted by Crippen LogP contribution is -2.22. The monoisotopic (exact) mass is 441 g/mol. The fourth-order valence-corrected chi connectivity index (χ4v) is 4.52. The molecule has 3 aromatic rings. The van der Waals surface area contributed by atoms with E-state index < -0.39 is 0 Å². The first-order chi connectivity index (χ1) is 14.5. The van der Waals surface area contributed by atoms with Crippen molar-refractivity contribution >= 4 is 40.9 Å². The molecule has 1 aliphatic heterocycles. The van der Waals surface area contributed by atoms with Gasteiger partial charge in [-0.2, -0.15) is 0 Å². The second-order valence-corrected chi connectivity index (χ2v) is 8.83. The van der Waals surface area contributed by atoms with Gasteiger partial charge in [-0.05, 0) is 56.5 Å². The molecular formula is C22H24ClN5OS. The first-order valence-electron chi connectivity index (χ1n) is 9.97. The summed E-state index contributed by atoms with van der Waals surface area (Å²) in [5.74, 6) is 0.966. The van der Waals surface area contributed by atoms with Crippen LogP contribution in [0.1, 0.15) is 24.0 Å². The molecule has 0 saturated carbocycles. The fourth-order valence-electron chi connectivity index (χ4n) is 3.59. The number of carbonyl (C=O) groups is 1. The summed E-state index contributed by atoms with van der Waals surface area (Å²) in [6, 6.07) is 13.6. The van der Waals surface area contributed by atoms with E-state index in [2.05, 4.69) is 26.5 Å². The molecule has 0 aliphatic carbocycles. The predicted octanol–water partition coefficient (Wildman–Crippen LogP) is 4.87. The maximum atomic E-state index is 12.6. The van der Waals surface area contributed by atoms with Crippen LogP contribution in [0, 0.1) is 13.8 Å². The van der Waals surface area contributed by atoms with E-state index in [0.29, 0.717) is 10.2 Å². The Bertz CT molecular complexity index is 1060. The van der Waals surface area contributed by atoms with Gasteiger partial charge in [-0.25, -0.2) is 0 Å². The van der Waals surface area contributed by atoms with Gasteiger partial charge in [0.05, 0.1) is 11.4 Å². The van der Waals surface area contributed by atoms with Crippen molar-refractivity contribution in [3.63, 3.8) is 0 Å². The number of rotatable bonds is 6. The van der Waals surface area contributed by atoms with Gasteiger partial charge in [0.1, 0.15) is 0 Å². The molecule has 1 aliphatic rings. The number of benzene rings is 2. The largest absolute Gasteiger partial charge is 0.341 e. The van der Waals surface area contributed by atoms with E-state index in [1.807, 2.05) is 54.8 Å². The highest BCUT2D eigenvalue weighted by Gasteiger charge is 2.23. The molecule has 0 bridgehead atoms. The van der Waals surface area contributed by atoms with Crippen LogP contribution in [0.3, 0.4) is 0 Å². The summed E-state index contributed by atoms with van der Waals surface area (Å²) in [6.07, 6.45) is 2.28. The van der Waals surface area contributed by atoms with Gasteiger partial charge in [0, 0.05) is 23.8 Å². The third-order valence-corrected chi connectivity index (χ3v) is 6.22. The summed E-state index contributed by atoms with van der Waals surface area (Å²) in [6.45, 7) is 5.94. The van der Waals surface area contributed by atoms with Crippen molar-refractivity contribution in [2.24, 2.45) is 0 Å². The van der Waals surface area contributed by atoms with Crippen molar-refractivity contribution in [3.8, 4) is 5.69 Å². The Morgan fingerprint density at radius 2 is 1.93 bits per heavy atom. The van der Waals surface area contributed by atoms with Crippen LogP contribution in [0.4, 0.5) is 11.6 Å². The molecule has 0 spiro atoms. The van der Waals surface area contributed by atoms with Crippen LogP contribution in [0.15, 0.2) is 47.6 Å². The maximum Gasteiger partial charge on any atom is 0.234 e. The number of hydrogen-bond donors (Lipinski definition) is 1. The number of carbonyl (C=O) groups excluding carboxylic acids is 1. The van der Waals surface area contributed by atoms with E-state index in [1.54, 1.807) is 0 Å². The summed E-state index contributed by atoms with van der Waals surface area (Å²) < 4.78 is 1.99. The van der Waals surface area contributed by atoms with Gasteiger partial charge in [0.25, 0.3) is 0 Å². The molecule has 0 unspecified atom stereocenters. The van der Waals surface area contributed by atoms with Crippen LogP contribution in [0.25, 0.3) is 5.69 Å². The quantitative estimate of drug-likeness (QED) is 0.553. The molecule has 2 aromatic carbocycles. The number of amides is 1. The highest BCUT2D eigenvalue weighted by Crippen LogP contribution is 2.29. The van der Waals surface area contributed by atoms with Crippen molar-refractivity contribution in [2.75, 3.05) is 29.1 Å². The summed E-state index contributed by atoms with van der Waals surface area (Å²) in [4.78, 5) is 14.8. The van der Waals surface area contributed by atoms with Crippen LogP contribution in [-0.4, -0.2) is 39.5 Å². The van der Waals surface area contributed by atoms with Crippen LogP contribution >= 0.6 is 23.4 Å². The molecular weight excluding hydrogens is 418 g/mol. The zero-order valence-electron chi connectivity index (χ0n) is 17.1. The lowest BCUT2D eigenvalue weighted by atomic mass is 10.1. The van der Waals surface area contributed by atoms with Crippen LogP contribution < -0.4 is 10.2 Å². The van der Waals surface area contributed by atoms with Crippen LogP contribution in [-0.2, 0) is 4.79 Å². The molecule has 4 rings (SSSR count). The Morgan fingerprint density at radius 3 is 2.67 bits per heavy atom. The Hall–Kier alpha value is -2.51. The summed E-state index contributed by atoms with van der Waals surface area (Å²) >= 11 is 7.60. The lowest BCUT2D eigenvalue weighted by Gasteiger charge is -2.18. The van der Waals surface area contributed by atoms with Gasteiger partial charge >= 0.3 is 0 Å². The standard InChI is InChI=1S/C22H24ClN5OS/c1-15-8-9-19(16(2)12-15)24-20(29)14-30-22-26-25-21(27-10-3-4-11-27)28(22)18-7-5-6-17(23)13-18/h5-9,12-13H,3-4,10-11,14H2,1-2H3,(H,24,29). The molecule has 1 fully saturated rings. The number of hydrogen-bond acceptors (Lipinski definition) is 5. The van der Waals surface area contributed by atoms with Crippen LogP contribution in [0.2, 0.25) is 5.02 Å². The molecule has 8 heteroatoms. The third kappa shape index (κ3) is 4.63. The molecule has 156 valence electrons. The molecule has 30 heavy (non-hydrogen) atoms. The first-order valence-corrected chi connectivity index (χ1v) is 11.3. The number of aromatic nitrogens is 3. The van der Waals surface area contributed by atoms with Gasteiger partial charge in [0.2, 0.25) is 11.9 Å². The fraction of sp³-hybridized carbons (Fsp3) is 0.318. The number of nitrogens with zero attached hydrogens (tertiary/aromatic N) is 4. The van der Waals surface area contributed by atoms with E-state index in [4.69, 9.17) is 11.6 Å². The van der Waals surface area contributed by atoms with Crippen molar-refractivity contribution in [1.29, 1.82) is 0 Å². The van der Waals surface area contributed by atoms with Crippen LogP contribution in [0.5, 0.6) is 0 Å². The minimum absolute atomic E-state index is 0.0738. The Balaban J connectivity index is 1.54. The number of anilines is 2. The van der Waals surface area contributed by atoms with E-state index >= 15 is 0 Å². The normalized spacial score (nSPS) is 13.6. The highest BCUT2D eigenvalue weighted by atomic mass is 35.5. The molecule has 6 nitrogen and oxygen atoms in total. The Kier molecular flexibility index (Phi) is 6.29. The highest BCUT2D eigenvalue weighted by molar-refractivity contribution is 7.99. The predicted molar refractivity (Wildman–Crippen MR) is 123 cm³/mol. The van der Waals surface area contributed by atoms with Crippen molar-refractivity contribution in [1.82, 2.24) is 14.8 Å². The van der Waals surface area contributed by atoms with Gasteiger partial charge in [-0.15, -0.1) is 10.2 Å². The SMILES string of the molecule is Cc1ccc(NC(=O)CSc2nnc(N3CCCC3)n2-c2cccc(Cl)c2)c(C)c1.